The first-order valence-corrected chi connectivity index (χ1v) is 7.75. The number of hydrogen-bond donors (Lipinski definition) is 3. The van der Waals surface area contributed by atoms with Crippen LogP contribution in [0.15, 0.2) is 36.7 Å². The number of aromatic nitrogens is 4. The third-order valence-corrected chi connectivity index (χ3v) is 4.26. The minimum absolute atomic E-state index is 0.104. The number of nitrogens with zero attached hydrogens (tertiary/aromatic N) is 3. The first kappa shape index (κ1) is 14.0. The highest BCUT2D eigenvalue weighted by molar-refractivity contribution is 5.92. The van der Waals surface area contributed by atoms with Gasteiger partial charge in [0.25, 0.3) is 0 Å². The van der Waals surface area contributed by atoms with Crippen molar-refractivity contribution < 1.29 is 4.79 Å². The van der Waals surface area contributed by atoms with Gasteiger partial charge in [-0.2, -0.15) is 10.2 Å². The maximum Gasteiger partial charge on any atom is 0.246 e. The SMILES string of the molecule is O=C(Cn1ncc2ccccc21)Nc1cn[nH]c1C1CCNC1. The Hall–Kier alpha value is -2.67. The van der Waals surface area contributed by atoms with Crippen molar-refractivity contribution in [3.63, 3.8) is 0 Å². The molecule has 2 aromatic heterocycles. The molecule has 0 saturated carbocycles. The Morgan fingerprint density at radius 2 is 2.26 bits per heavy atom. The number of H-pyrrole nitrogens is 1. The van der Waals surface area contributed by atoms with Crippen LogP contribution in [0.4, 0.5) is 5.69 Å². The highest BCUT2D eigenvalue weighted by atomic mass is 16.2. The van der Waals surface area contributed by atoms with Gasteiger partial charge in [-0.25, -0.2) is 0 Å². The van der Waals surface area contributed by atoms with Crippen LogP contribution in [0.25, 0.3) is 10.9 Å². The summed E-state index contributed by atoms with van der Waals surface area (Å²) in [6.07, 6.45) is 4.50. The molecule has 3 aromatic rings. The molecule has 23 heavy (non-hydrogen) atoms. The van der Waals surface area contributed by atoms with E-state index < -0.39 is 0 Å². The van der Waals surface area contributed by atoms with Crippen molar-refractivity contribution in [2.75, 3.05) is 18.4 Å². The highest BCUT2D eigenvalue weighted by Crippen LogP contribution is 2.26. The lowest BCUT2D eigenvalue weighted by Gasteiger charge is -2.10. The molecule has 0 bridgehead atoms. The van der Waals surface area contributed by atoms with Crippen LogP contribution in [0, 0.1) is 0 Å². The number of anilines is 1. The molecule has 3 heterocycles. The molecule has 1 atom stereocenters. The van der Waals surface area contributed by atoms with Crippen LogP contribution < -0.4 is 10.6 Å². The Kier molecular flexibility index (Phi) is 3.55. The average molecular weight is 310 g/mol. The fourth-order valence-corrected chi connectivity index (χ4v) is 3.09. The third kappa shape index (κ3) is 2.70. The molecule has 3 N–H and O–H groups in total. The third-order valence-electron chi connectivity index (χ3n) is 4.26. The summed E-state index contributed by atoms with van der Waals surface area (Å²) in [5, 5.41) is 18.7. The molecule has 7 heteroatoms. The van der Waals surface area contributed by atoms with E-state index in [2.05, 4.69) is 25.9 Å². The Bertz CT molecular complexity index is 830. The number of amides is 1. The summed E-state index contributed by atoms with van der Waals surface area (Å²) in [5.74, 6) is 0.269. The molecule has 0 spiro atoms. The molecular formula is C16H18N6O. The molecule has 1 fully saturated rings. The van der Waals surface area contributed by atoms with Gasteiger partial charge >= 0.3 is 0 Å². The van der Waals surface area contributed by atoms with Gasteiger partial charge in [0.1, 0.15) is 6.54 Å². The Morgan fingerprint density at radius 3 is 3.13 bits per heavy atom. The number of hydrogen-bond acceptors (Lipinski definition) is 4. The van der Waals surface area contributed by atoms with Gasteiger partial charge < -0.3 is 10.6 Å². The number of fused-ring (bicyclic) bond motifs is 1. The second-order valence-corrected chi connectivity index (χ2v) is 5.80. The van der Waals surface area contributed by atoms with Crippen LogP contribution in [-0.4, -0.2) is 39.0 Å². The molecule has 1 aromatic carbocycles. The summed E-state index contributed by atoms with van der Waals surface area (Å²) in [6, 6.07) is 7.85. The fourth-order valence-electron chi connectivity index (χ4n) is 3.09. The lowest BCUT2D eigenvalue weighted by atomic mass is 10.0. The predicted octanol–water partition coefficient (Wildman–Crippen LogP) is 1.47. The van der Waals surface area contributed by atoms with E-state index in [9.17, 15) is 4.79 Å². The molecule has 1 aliphatic rings. The molecule has 118 valence electrons. The first-order chi connectivity index (χ1) is 11.3. The van der Waals surface area contributed by atoms with Crippen molar-refractivity contribution in [1.82, 2.24) is 25.3 Å². The zero-order chi connectivity index (χ0) is 15.6. The molecule has 4 rings (SSSR count). The molecule has 1 aliphatic heterocycles. The van der Waals surface area contributed by atoms with Gasteiger partial charge in [-0.05, 0) is 19.0 Å². The van der Waals surface area contributed by atoms with Crippen molar-refractivity contribution >= 4 is 22.5 Å². The van der Waals surface area contributed by atoms with Crippen LogP contribution in [0.2, 0.25) is 0 Å². The minimum atomic E-state index is -0.104. The monoisotopic (exact) mass is 310 g/mol. The second kappa shape index (κ2) is 5.85. The zero-order valence-electron chi connectivity index (χ0n) is 12.6. The summed E-state index contributed by atoms with van der Waals surface area (Å²) in [7, 11) is 0. The van der Waals surface area contributed by atoms with Gasteiger partial charge in [0.15, 0.2) is 0 Å². The largest absolute Gasteiger partial charge is 0.322 e. The van der Waals surface area contributed by atoms with Gasteiger partial charge in [0, 0.05) is 17.8 Å². The summed E-state index contributed by atoms with van der Waals surface area (Å²) in [6.45, 7) is 2.09. The lowest BCUT2D eigenvalue weighted by molar-refractivity contribution is -0.116. The van der Waals surface area contributed by atoms with Gasteiger partial charge in [-0.3, -0.25) is 14.6 Å². The van der Waals surface area contributed by atoms with Crippen molar-refractivity contribution in [1.29, 1.82) is 0 Å². The van der Waals surface area contributed by atoms with Crippen molar-refractivity contribution in [3.8, 4) is 0 Å². The summed E-state index contributed by atoms with van der Waals surface area (Å²) < 4.78 is 1.71. The molecule has 1 amide bonds. The number of benzene rings is 1. The van der Waals surface area contributed by atoms with Crippen LogP contribution in [0.3, 0.4) is 0 Å². The van der Waals surface area contributed by atoms with E-state index in [0.717, 1.165) is 41.8 Å². The van der Waals surface area contributed by atoms with E-state index in [1.807, 2.05) is 24.3 Å². The number of nitrogens with one attached hydrogen (secondary N) is 3. The molecule has 1 unspecified atom stereocenters. The quantitative estimate of drug-likeness (QED) is 0.681. The van der Waals surface area contributed by atoms with E-state index in [-0.39, 0.29) is 12.5 Å². The second-order valence-electron chi connectivity index (χ2n) is 5.80. The standard InChI is InChI=1S/C16H18N6O/c23-15(10-22-14-4-2-1-3-11(14)8-19-22)20-13-9-18-21-16(13)12-5-6-17-7-12/h1-4,8-9,12,17H,5-7,10H2,(H,18,21)(H,20,23). The van der Waals surface area contributed by atoms with Crippen LogP contribution >= 0.6 is 0 Å². The number of aromatic amines is 1. The predicted molar refractivity (Wildman–Crippen MR) is 87.2 cm³/mol. The van der Waals surface area contributed by atoms with Crippen molar-refractivity contribution in [2.45, 2.75) is 18.9 Å². The van der Waals surface area contributed by atoms with Crippen LogP contribution in [-0.2, 0) is 11.3 Å². The number of carbonyl (C=O) groups is 1. The van der Waals surface area contributed by atoms with E-state index >= 15 is 0 Å². The van der Waals surface area contributed by atoms with E-state index in [0.29, 0.717) is 5.92 Å². The molecule has 0 aliphatic carbocycles. The molecule has 0 radical (unpaired) electrons. The van der Waals surface area contributed by atoms with E-state index in [1.54, 1.807) is 17.1 Å². The molecular weight excluding hydrogens is 292 g/mol. The summed E-state index contributed by atoms with van der Waals surface area (Å²) >= 11 is 0. The van der Waals surface area contributed by atoms with Gasteiger partial charge in [-0.1, -0.05) is 18.2 Å². The van der Waals surface area contributed by atoms with Crippen LogP contribution in [0.5, 0.6) is 0 Å². The highest BCUT2D eigenvalue weighted by Gasteiger charge is 2.22. The summed E-state index contributed by atoms with van der Waals surface area (Å²) in [5.41, 5.74) is 2.71. The Balaban J connectivity index is 1.49. The molecule has 1 saturated heterocycles. The van der Waals surface area contributed by atoms with Crippen LogP contribution in [0.1, 0.15) is 18.0 Å². The summed E-state index contributed by atoms with van der Waals surface area (Å²) in [4.78, 5) is 12.4. The Morgan fingerprint density at radius 1 is 1.35 bits per heavy atom. The smallest absolute Gasteiger partial charge is 0.246 e. The van der Waals surface area contributed by atoms with Gasteiger partial charge in [0.05, 0.1) is 29.3 Å². The number of rotatable bonds is 4. The fraction of sp³-hybridized carbons (Fsp3) is 0.312. The van der Waals surface area contributed by atoms with Gasteiger partial charge in [-0.15, -0.1) is 0 Å². The number of para-hydroxylation sites is 1. The maximum atomic E-state index is 12.4. The molecule has 7 nitrogen and oxygen atoms in total. The maximum absolute atomic E-state index is 12.4. The first-order valence-electron chi connectivity index (χ1n) is 7.75. The average Bonchev–Trinajstić information content (AvgIpc) is 3.28. The topological polar surface area (TPSA) is 87.6 Å². The van der Waals surface area contributed by atoms with Crippen molar-refractivity contribution in [2.24, 2.45) is 0 Å². The minimum Gasteiger partial charge on any atom is -0.322 e. The van der Waals surface area contributed by atoms with E-state index in [4.69, 9.17) is 0 Å². The zero-order valence-corrected chi connectivity index (χ0v) is 12.6. The lowest BCUT2D eigenvalue weighted by Crippen LogP contribution is -2.20. The van der Waals surface area contributed by atoms with Gasteiger partial charge in [0.2, 0.25) is 5.91 Å². The van der Waals surface area contributed by atoms with Crippen molar-refractivity contribution in [3.05, 3.63) is 42.4 Å². The number of carbonyl (C=O) groups excluding carboxylic acids is 1. The Labute approximate surface area is 133 Å². The normalized spacial score (nSPS) is 17.7. The van der Waals surface area contributed by atoms with E-state index in [1.165, 1.54) is 0 Å².